The highest BCUT2D eigenvalue weighted by Crippen LogP contribution is 2.67. The van der Waals surface area contributed by atoms with Crippen LogP contribution in [-0.4, -0.2) is 60.9 Å². The minimum absolute atomic E-state index is 0.183. The molecule has 0 saturated heterocycles. The molecule has 3 aliphatic carbocycles. The van der Waals surface area contributed by atoms with E-state index in [1.807, 2.05) is 30.3 Å². The second-order valence-corrected chi connectivity index (χ2v) is 11.3. The maximum Gasteiger partial charge on any atom is 0.229 e. The standard InChI is InChI=1S/C30H27ClN6O3/c1-32-29(40)30-14-20(30)24(25(38)26(30)39)37-15-33-23-27(34-21-13-19(21)17-7-3-2-4-8-17)35-22(36-28(23)37)11-10-16-6-5-9-18(31)12-16/h2-9,12,15,19-21,24-26,38-39H,13-14H2,1H3,(H,32,40)(H,34,35,36)/t19?,20?,21?,24-,25+,26+,30?/m1/s1. The molecule has 3 fully saturated rings. The summed E-state index contributed by atoms with van der Waals surface area (Å²) in [4.78, 5) is 26.8. The van der Waals surface area contributed by atoms with Crippen molar-refractivity contribution < 1.29 is 15.0 Å². The Labute approximate surface area is 235 Å². The van der Waals surface area contributed by atoms with Gasteiger partial charge in [0.1, 0.15) is 6.10 Å². The number of carbonyl (C=O) groups excluding carboxylic acids is 1. The molecule has 2 heterocycles. The largest absolute Gasteiger partial charge is 0.389 e. The van der Waals surface area contributed by atoms with Crippen LogP contribution in [0.15, 0.2) is 60.9 Å². The Balaban J connectivity index is 1.28. The molecule has 202 valence electrons. The van der Waals surface area contributed by atoms with Gasteiger partial charge in [-0.1, -0.05) is 53.9 Å². The normalized spacial score (nSPS) is 29.8. The van der Waals surface area contributed by atoms with Crippen molar-refractivity contribution in [3.8, 4) is 11.8 Å². The molecule has 40 heavy (non-hydrogen) atoms. The quantitative estimate of drug-likeness (QED) is 0.280. The number of halogens is 1. The lowest BCUT2D eigenvalue weighted by Crippen LogP contribution is -2.41. The van der Waals surface area contributed by atoms with E-state index >= 15 is 0 Å². The van der Waals surface area contributed by atoms with Gasteiger partial charge in [0, 0.05) is 35.5 Å². The Morgan fingerprint density at radius 3 is 2.73 bits per heavy atom. The van der Waals surface area contributed by atoms with E-state index in [2.05, 4.69) is 39.6 Å². The van der Waals surface area contributed by atoms with Crippen molar-refractivity contribution >= 4 is 34.5 Å². The summed E-state index contributed by atoms with van der Waals surface area (Å²) in [5.74, 6) is 6.84. The molecule has 3 saturated carbocycles. The van der Waals surface area contributed by atoms with Gasteiger partial charge in [0.15, 0.2) is 17.0 Å². The van der Waals surface area contributed by atoms with Gasteiger partial charge in [0.25, 0.3) is 0 Å². The van der Waals surface area contributed by atoms with Crippen LogP contribution in [0, 0.1) is 23.2 Å². The van der Waals surface area contributed by atoms with E-state index in [1.165, 1.54) is 5.56 Å². The molecule has 7 rings (SSSR count). The third-order valence-electron chi connectivity index (χ3n) is 8.55. The summed E-state index contributed by atoms with van der Waals surface area (Å²) in [6.45, 7) is 0. The second-order valence-electron chi connectivity index (χ2n) is 10.8. The monoisotopic (exact) mass is 554 g/mol. The average Bonchev–Trinajstić information content (AvgIpc) is 3.85. The van der Waals surface area contributed by atoms with Crippen LogP contribution in [-0.2, 0) is 4.79 Å². The summed E-state index contributed by atoms with van der Waals surface area (Å²) < 4.78 is 1.77. The fourth-order valence-corrected chi connectivity index (χ4v) is 6.56. The van der Waals surface area contributed by atoms with Crippen molar-refractivity contribution in [1.29, 1.82) is 0 Å². The predicted molar refractivity (Wildman–Crippen MR) is 150 cm³/mol. The molecule has 2 aromatic carbocycles. The summed E-state index contributed by atoms with van der Waals surface area (Å²) in [6, 6.07) is 17.2. The molecule has 1 amide bonds. The fourth-order valence-electron chi connectivity index (χ4n) is 6.37. The van der Waals surface area contributed by atoms with Crippen molar-refractivity contribution in [2.24, 2.45) is 11.3 Å². The minimum Gasteiger partial charge on any atom is -0.389 e. The molecular formula is C30H27ClN6O3. The first-order valence-electron chi connectivity index (χ1n) is 13.3. The third-order valence-corrected chi connectivity index (χ3v) is 8.78. The number of nitrogens with one attached hydrogen (secondary N) is 2. The summed E-state index contributed by atoms with van der Waals surface area (Å²) >= 11 is 6.13. The first kappa shape index (κ1) is 25.0. The first-order valence-corrected chi connectivity index (χ1v) is 13.7. The number of aliphatic hydroxyl groups excluding tert-OH is 2. The van der Waals surface area contributed by atoms with Crippen molar-refractivity contribution in [1.82, 2.24) is 24.8 Å². The first-order chi connectivity index (χ1) is 19.4. The SMILES string of the molecule is CNC(=O)C12CC1[C@@H](n1cnc3c(NC4CC4c4ccccc4)nc(C#Cc4cccc(Cl)c4)nc31)[C@H](O)[C@@H]2O. The molecule has 0 spiro atoms. The number of rotatable bonds is 5. The smallest absolute Gasteiger partial charge is 0.229 e. The van der Waals surface area contributed by atoms with Gasteiger partial charge >= 0.3 is 0 Å². The molecule has 2 aromatic heterocycles. The highest BCUT2D eigenvalue weighted by Gasteiger charge is 2.75. The van der Waals surface area contributed by atoms with Crippen LogP contribution >= 0.6 is 11.6 Å². The van der Waals surface area contributed by atoms with Crippen molar-refractivity contribution in [3.63, 3.8) is 0 Å². The van der Waals surface area contributed by atoms with Crippen LogP contribution in [0.2, 0.25) is 5.02 Å². The van der Waals surface area contributed by atoms with Crippen LogP contribution in [0.25, 0.3) is 11.2 Å². The number of imidazole rings is 1. The molecular weight excluding hydrogens is 528 g/mol. The van der Waals surface area contributed by atoms with E-state index in [0.717, 1.165) is 12.0 Å². The van der Waals surface area contributed by atoms with Gasteiger partial charge in [-0.15, -0.1) is 0 Å². The number of hydrogen-bond donors (Lipinski definition) is 4. The zero-order valence-electron chi connectivity index (χ0n) is 21.6. The molecule has 7 atom stereocenters. The number of carbonyl (C=O) groups is 1. The summed E-state index contributed by atoms with van der Waals surface area (Å²) in [7, 11) is 1.54. The maximum atomic E-state index is 12.7. The number of anilines is 1. The number of benzene rings is 2. The van der Waals surface area contributed by atoms with Gasteiger partial charge in [0.05, 0.1) is 23.9 Å². The molecule has 0 aliphatic heterocycles. The fraction of sp³-hybridized carbons (Fsp3) is 0.333. The predicted octanol–water partition coefficient (Wildman–Crippen LogP) is 2.88. The minimum atomic E-state index is -1.18. The van der Waals surface area contributed by atoms with E-state index in [-0.39, 0.29) is 23.7 Å². The lowest BCUT2D eigenvalue weighted by Gasteiger charge is -2.23. The molecule has 9 nitrogen and oxygen atoms in total. The zero-order chi connectivity index (χ0) is 27.6. The van der Waals surface area contributed by atoms with Crippen LogP contribution in [0.4, 0.5) is 5.82 Å². The molecule has 4 unspecified atom stereocenters. The van der Waals surface area contributed by atoms with Crippen molar-refractivity contribution in [3.05, 3.63) is 82.9 Å². The Kier molecular flexibility index (Phi) is 5.82. The van der Waals surface area contributed by atoms with Crippen molar-refractivity contribution in [2.75, 3.05) is 12.4 Å². The summed E-state index contributed by atoms with van der Waals surface area (Å²) in [5.41, 5.74) is 2.02. The summed E-state index contributed by atoms with van der Waals surface area (Å²) in [6.07, 6.45) is 0.725. The van der Waals surface area contributed by atoms with Gasteiger partial charge < -0.3 is 25.4 Å². The Hall–Kier alpha value is -3.97. The summed E-state index contributed by atoms with van der Waals surface area (Å²) in [5, 5.41) is 28.7. The second kappa shape index (κ2) is 9.30. The van der Waals surface area contributed by atoms with Gasteiger partial charge in [-0.05, 0) is 42.5 Å². The number of hydrogen-bond acceptors (Lipinski definition) is 7. The Bertz CT molecular complexity index is 1700. The topological polar surface area (TPSA) is 125 Å². The van der Waals surface area contributed by atoms with Crippen LogP contribution in [0.3, 0.4) is 0 Å². The van der Waals surface area contributed by atoms with Gasteiger partial charge in [0.2, 0.25) is 11.7 Å². The number of nitrogens with zero attached hydrogens (tertiary/aromatic N) is 4. The lowest BCUT2D eigenvalue weighted by atomic mass is 9.98. The van der Waals surface area contributed by atoms with Crippen LogP contribution in [0.1, 0.15) is 41.8 Å². The van der Waals surface area contributed by atoms with E-state index in [1.54, 1.807) is 30.1 Å². The van der Waals surface area contributed by atoms with Gasteiger partial charge in [-0.3, -0.25) is 4.79 Å². The van der Waals surface area contributed by atoms with Gasteiger partial charge in [-0.2, -0.15) is 0 Å². The highest BCUT2D eigenvalue weighted by atomic mass is 35.5. The van der Waals surface area contributed by atoms with Crippen LogP contribution in [0.5, 0.6) is 0 Å². The molecule has 4 N–H and O–H groups in total. The molecule has 0 radical (unpaired) electrons. The maximum absolute atomic E-state index is 12.7. The molecule has 10 heteroatoms. The third kappa shape index (κ3) is 3.94. The molecule has 0 bridgehead atoms. The molecule has 4 aromatic rings. The van der Waals surface area contributed by atoms with Crippen LogP contribution < -0.4 is 10.6 Å². The number of fused-ring (bicyclic) bond motifs is 2. The lowest BCUT2D eigenvalue weighted by molar-refractivity contribution is -0.132. The molecule has 3 aliphatic rings. The highest BCUT2D eigenvalue weighted by molar-refractivity contribution is 6.30. The number of amides is 1. The van der Waals surface area contributed by atoms with E-state index in [4.69, 9.17) is 21.6 Å². The van der Waals surface area contributed by atoms with E-state index in [0.29, 0.717) is 34.3 Å². The zero-order valence-corrected chi connectivity index (χ0v) is 22.4. The number of aliphatic hydroxyl groups is 2. The van der Waals surface area contributed by atoms with E-state index in [9.17, 15) is 15.0 Å². The van der Waals surface area contributed by atoms with Gasteiger partial charge in [-0.25, -0.2) is 15.0 Å². The van der Waals surface area contributed by atoms with E-state index < -0.39 is 23.7 Å². The average molecular weight is 555 g/mol. The Morgan fingerprint density at radius 2 is 1.95 bits per heavy atom. The van der Waals surface area contributed by atoms with Crippen molar-refractivity contribution in [2.45, 2.75) is 43.1 Å². The Morgan fingerprint density at radius 1 is 1.12 bits per heavy atom. The number of aromatic nitrogens is 4.